The maximum Gasteiger partial charge on any atom is 0.138 e. The molecular weight excluding hydrogens is 219 g/mol. The van der Waals surface area contributed by atoms with Gasteiger partial charge in [-0.05, 0) is 35.9 Å². The Kier molecular flexibility index (Phi) is 3.31. The number of nitrogens with zero attached hydrogens (tertiary/aromatic N) is 2. The Labute approximate surface area is 98.1 Å². The molecule has 0 radical (unpaired) electrons. The van der Waals surface area contributed by atoms with Gasteiger partial charge in [0.25, 0.3) is 0 Å². The predicted octanol–water partition coefficient (Wildman–Crippen LogP) is 2.67. The monoisotopic (exact) mass is 228 g/mol. The van der Waals surface area contributed by atoms with Gasteiger partial charge in [0.2, 0.25) is 0 Å². The summed E-state index contributed by atoms with van der Waals surface area (Å²) in [6, 6.07) is 9.54. The molecule has 0 N–H and O–H groups in total. The molecule has 0 fully saturated rings. The first-order valence-electron chi connectivity index (χ1n) is 5.00. The molecule has 0 unspecified atom stereocenters. The number of aromatic nitrogens is 1. The lowest BCUT2D eigenvalue weighted by Gasteiger charge is -2.05. The molecule has 0 atom stereocenters. The number of ether oxygens (including phenoxy) is 1. The zero-order valence-corrected chi connectivity index (χ0v) is 8.93. The maximum atomic E-state index is 13.1. The first-order chi connectivity index (χ1) is 8.28. The van der Waals surface area contributed by atoms with Crippen LogP contribution in [0.3, 0.4) is 0 Å². The molecule has 0 aliphatic rings. The van der Waals surface area contributed by atoms with Crippen LogP contribution in [0.2, 0.25) is 0 Å². The Morgan fingerprint density at radius 3 is 2.94 bits per heavy atom. The largest absolute Gasteiger partial charge is 0.487 e. The van der Waals surface area contributed by atoms with Crippen molar-refractivity contribution in [1.29, 1.82) is 5.26 Å². The van der Waals surface area contributed by atoms with Gasteiger partial charge in [-0.2, -0.15) is 5.26 Å². The van der Waals surface area contributed by atoms with E-state index in [1.807, 2.05) is 6.07 Å². The molecule has 0 spiro atoms. The summed E-state index contributed by atoms with van der Waals surface area (Å²) in [7, 11) is 0. The number of hydrogen-bond acceptors (Lipinski definition) is 3. The highest BCUT2D eigenvalue weighted by Crippen LogP contribution is 2.13. The van der Waals surface area contributed by atoms with Gasteiger partial charge in [0.1, 0.15) is 18.2 Å². The number of hydrogen-bond donors (Lipinski definition) is 0. The van der Waals surface area contributed by atoms with Crippen LogP contribution >= 0.6 is 0 Å². The first kappa shape index (κ1) is 11.1. The van der Waals surface area contributed by atoms with Crippen LogP contribution in [0, 0.1) is 17.1 Å². The van der Waals surface area contributed by atoms with Crippen LogP contribution in [0.5, 0.6) is 5.75 Å². The lowest BCUT2D eigenvalue weighted by Crippen LogP contribution is -1.97. The Hall–Kier alpha value is -2.41. The fourth-order valence-corrected chi connectivity index (χ4v) is 1.40. The van der Waals surface area contributed by atoms with Gasteiger partial charge in [0.15, 0.2) is 0 Å². The molecule has 1 aromatic carbocycles. The van der Waals surface area contributed by atoms with E-state index in [0.29, 0.717) is 11.3 Å². The molecule has 4 heteroatoms. The average Bonchev–Trinajstić information content (AvgIpc) is 2.37. The van der Waals surface area contributed by atoms with Crippen LogP contribution in [-0.4, -0.2) is 4.98 Å². The van der Waals surface area contributed by atoms with Gasteiger partial charge in [-0.3, -0.25) is 4.98 Å². The third-order valence-electron chi connectivity index (χ3n) is 2.13. The molecule has 0 amide bonds. The summed E-state index contributed by atoms with van der Waals surface area (Å²) in [5, 5.41) is 8.70. The van der Waals surface area contributed by atoms with Crippen molar-refractivity contribution >= 4 is 0 Å². The SMILES string of the molecule is N#Cc1cc(F)cc(COc2cccnc2)c1. The summed E-state index contributed by atoms with van der Waals surface area (Å²) >= 11 is 0. The van der Waals surface area contributed by atoms with Crippen LogP contribution in [0.25, 0.3) is 0 Å². The summed E-state index contributed by atoms with van der Waals surface area (Å²) in [4.78, 5) is 3.90. The summed E-state index contributed by atoms with van der Waals surface area (Å²) in [5.41, 5.74) is 0.903. The van der Waals surface area contributed by atoms with E-state index in [2.05, 4.69) is 4.98 Å². The van der Waals surface area contributed by atoms with Gasteiger partial charge < -0.3 is 4.74 Å². The first-order valence-corrected chi connectivity index (χ1v) is 5.00. The molecule has 1 heterocycles. The van der Waals surface area contributed by atoms with Crippen LogP contribution < -0.4 is 4.74 Å². The summed E-state index contributed by atoms with van der Waals surface area (Å²) < 4.78 is 18.5. The van der Waals surface area contributed by atoms with Crippen LogP contribution in [0.15, 0.2) is 42.7 Å². The normalized spacial score (nSPS) is 9.65. The van der Waals surface area contributed by atoms with E-state index in [0.717, 1.165) is 0 Å². The van der Waals surface area contributed by atoms with E-state index in [4.69, 9.17) is 10.00 Å². The van der Waals surface area contributed by atoms with Crippen molar-refractivity contribution in [2.75, 3.05) is 0 Å². The van der Waals surface area contributed by atoms with Crippen molar-refractivity contribution in [2.24, 2.45) is 0 Å². The average molecular weight is 228 g/mol. The maximum absolute atomic E-state index is 13.1. The highest BCUT2D eigenvalue weighted by Gasteiger charge is 2.01. The quantitative estimate of drug-likeness (QED) is 0.811. The molecular formula is C13H9FN2O. The van der Waals surface area contributed by atoms with E-state index in [9.17, 15) is 4.39 Å². The second kappa shape index (κ2) is 5.08. The van der Waals surface area contributed by atoms with Crippen molar-refractivity contribution in [2.45, 2.75) is 6.61 Å². The molecule has 0 aliphatic heterocycles. The van der Waals surface area contributed by atoms with Crippen LogP contribution in [-0.2, 0) is 6.61 Å². The van der Waals surface area contributed by atoms with Gasteiger partial charge in [-0.15, -0.1) is 0 Å². The molecule has 0 bridgehead atoms. The van der Waals surface area contributed by atoms with E-state index >= 15 is 0 Å². The standard InChI is InChI=1S/C13H9FN2O/c14-12-5-10(7-15)4-11(6-12)9-17-13-2-1-3-16-8-13/h1-6,8H,9H2. The Morgan fingerprint density at radius 2 is 2.24 bits per heavy atom. The molecule has 2 aromatic rings. The number of nitriles is 1. The predicted molar refractivity (Wildman–Crippen MR) is 59.7 cm³/mol. The van der Waals surface area contributed by atoms with E-state index in [1.165, 1.54) is 12.1 Å². The molecule has 3 nitrogen and oxygen atoms in total. The van der Waals surface area contributed by atoms with Gasteiger partial charge in [-0.1, -0.05) is 0 Å². The number of rotatable bonds is 3. The van der Waals surface area contributed by atoms with Gasteiger partial charge in [-0.25, -0.2) is 4.39 Å². The van der Waals surface area contributed by atoms with Crippen LogP contribution in [0.1, 0.15) is 11.1 Å². The highest BCUT2D eigenvalue weighted by molar-refractivity contribution is 5.33. The molecule has 84 valence electrons. The topological polar surface area (TPSA) is 45.9 Å². The molecule has 0 saturated heterocycles. The molecule has 0 saturated carbocycles. The van der Waals surface area contributed by atoms with Crippen molar-refractivity contribution in [3.8, 4) is 11.8 Å². The minimum absolute atomic E-state index is 0.206. The van der Waals surface area contributed by atoms with Crippen molar-refractivity contribution in [3.63, 3.8) is 0 Å². The summed E-state index contributed by atoms with van der Waals surface area (Å²) in [6.07, 6.45) is 3.22. The highest BCUT2D eigenvalue weighted by atomic mass is 19.1. The third kappa shape index (κ3) is 3.02. The summed E-state index contributed by atoms with van der Waals surface area (Å²) in [6.45, 7) is 0.206. The van der Waals surface area contributed by atoms with E-state index in [-0.39, 0.29) is 12.2 Å². The Bertz CT molecular complexity index is 549. The third-order valence-corrected chi connectivity index (χ3v) is 2.13. The minimum Gasteiger partial charge on any atom is -0.487 e. The Balaban J connectivity index is 2.10. The van der Waals surface area contributed by atoms with Gasteiger partial charge in [0.05, 0.1) is 17.8 Å². The lowest BCUT2D eigenvalue weighted by atomic mass is 10.1. The molecule has 1 aromatic heterocycles. The van der Waals surface area contributed by atoms with Gasteiger partial charge >= 0.3 is 0 Å². The summed E-state index contributed by atoms with van der Waals surface area (Å²) in [5.74, 6) is 0.170. The lowest BCUT2D eigenvalue weighted by molar-refractivity contribution is 0.304. The van der Waals surface area contributed by atoms with Crippen molar-refractivity contribution < 1.29 is 9.13 Å². The molecule has 17 heavy (non-hydrogen) atoms. The molecule has 0 aliphatic carbocycles. The number of halogens is 1. The molecule has 2 rings (SSSR count). The van der Waals surface area contributed by atoms with Gasteiger partial charge in [0, 0.05) is 6.20 Å². The number of benzene rings is 1. The van der Waals surface area contributed by atoms with Crippen molar-refractivity contribution in [3.05, 3.63) is 59.7 Å². The minimum atomic E-state index is -0.436. The fourth-order valence-electron chi connectivity index (χ4n) is 1.40. The second-order valence-corrected chi connectivity index (χ2v) is 3.44. The van der Waals surface area contributed by atoms with Crippen LogP contribution in [0.4, 0.5) is 4.39 Å². The van der Waals surface area contributed by atoms with E-state index < -0.39 is 5.82 Å². The van der Waals surface area contributed by atoms with Crippen molar-refractivity contribution in [1.82, 2.24) is 4.98 Å². The van der Waals surface area contributed by atoms with E-state index in [1.54, 1.807) is 30.6 Å². The fraction of sp³-hybridized carbons (Fsp3) is 0.0769. The number of pyridine rings is 1. The zero-order valence-electron chi connectivity index (χ0n) is 8.93. The Morgan fingerprint density at radius 1 is 1.35 bits per heavy atom. The smallest absolute Gasteiger partial charge is 0.138 e. The second-order valence-electron chi connectivity index (χ2n) is 3.44. The zero-order chi connectivity index (χ0) is 12.1.